The highest BCUT2D eigenvalue weighted by Gasteiger charge is 2.31. The van der Waals surface area contributed by atoms with Crippen molar-refractivity contribution in [2.45, 2.75) is 45.2 Å². The minimum absolute atomic E-state index is 0.151. The molecule has 9 heteroatoms. The fourth-order valence-corrected chi connectivity index (χ4v) is 6.82. The van der Waals surface area contributed by atoms with Gasteiger partial charge in [-0.2, -0.15) is 4.31 Å². The van der Waals surface area contributed by atoms with Crippen molar-refractivity contribution >= 4 is 27.3 Å². The number of aryl methyl sites for hydroxylation is 3. The molecule has 0 spiro atoms. The Labute approximate surface area is 217 Å². The Morgan fingerprint density at radius 2 is 1.69 bits per heavy atom. The molecule has 0 aliphatic heterocycles. The van der Waals surface area contributed by atoms with E-state index in [0.717, 1.165) is 16.0 Å². The first-order chi connectivity index (χ1) is 17.1. The molecule has 0 saturated carbocycles. The van der Waals surface area contributed by atoms with Crippen molar-refractivity contribution in [2.24, 2.45) is 0 Å². The van der Waals surface area contributed by atoms with Gasteiger partial charge in [-0.05, 0) is 67.5 Å². The summed E-state index contributed by atoms with van der Waals surface area (Å²) in [5.74, 6) is -0.676. The first-order valence-corrected chi connectivity index (χ1v) is 14.1. The van der Waals surface area contributed by atoms with Gasteiger partial charge in [0.2, 0.25) is 15.9 Å². The van der Waals surface area contributed by atoms with Crippen molar-refractivity contribution < 1.29 is 22.3 Å². The summed E-state index contributed by atoms with van der Waals surface area (Å²) < 4.78 is 47.5. The summed E-state index contributed by atoms with van der Waals surface area (Å²) in [5.41, 5.74) is 3.05. The van der Waals surface area contributed by atoms with E-state index in [2.05, 4.69) is 0 Å². The highest BCUT2D eigenvalue weighted by Crippen LogP contribution is 2.26. The lowest BCUT2D eigenvalue weighted by molar-refractivity contribution is -0.132. The van der Waals surface area contributed by atoms with Gasteiger partial charge in [-0.15, -0.1) is 11.3 Å². The largest absolute Gasteiger partial charge is 0.385 e. The third-order valence-corrected chi connectivity index (χ3v) is 8.85. The van der Waals surface area contributed by atoms with Crippen LogP contribution in [-0.4, -0.2) is 50.3 Å². The lowest BCUT2D eigenvalue weighted by atomic mass is 10.1. The van der Waals surface area contributed by atoms with Crippen LogP contribution in [0.1, 0.15) is 33.6 Å². The van der Waals surface area contributed by atoms with E-state index in [4.69, 9.17) is 4.74 Å². The highest BCUT2D eigenvalue weighted by molar-refractivity contribution is 7.89. The second kappa shape index (κ2) is 12.6. The number of halogens is 1. The van der Waals surface area contributed by atoms with Crippen molar-refractivity contribution in [1.29, 1.82) is 0 Å². The van der Waals surface area contributed by atoms with Gasteiger partial charge in [0.05, 0.1) is 18.0 Å². The number of sulfonamides is 1. The molecule has 3 aromatic rings. The van der Waals surface area contributed by atoms with Crippen molar-refractivity contribution in [1.82, 2.24) is 9.21 Å². The molecule has 1 heterocycles. The fraction of sp³-hybridized carbons (Fsp3) is 0.370. The van der Waals surface area contributed by atoms with Gasteiger partial charge in [-0.25, -0.2) is 12.8 Å². The second-order valence-corrected chi connectivity index (χ2v) is 11.8. The molecule has 0 fully saturated rings. The summed E-state index contributed by atoms with van der Waals surface area (Å²) in [4.78, 5) is 16.4. The summed E-state index contributed by atoms with van der Waals surface area (Å²) in [7, 11) is -2.39. The Bertz CT molecular complexity index is 1240. The molecule has 3 rings (SSSR count). The Balaban J connectivity index is 1.92. The normalized spacial score (nSPS) is 11.7. The van der Waals surface area contributed by atoms with Crippen LogP contribution in [0, 0.1) is 26.6 Å². The smallest absolute Gasteiger partial charge is 0.244 e. The summed E-state index contributed by atoms with van der Waals surface area (Å²) in [6, 6.07) is 13.5. The number of hydrogen-bond acceptors (Lipinski definition) is 5. The molecule has 1 amide bonds. The maximum Gasteiger partial charge on any atom is 0.244 e. The summed E-state index contributed by atoms with van der Waals surface area (Å²) in [6.07, 6.45) is 0.454. The molecule has 0 aliphatic carbocycles. The molecule has 2 aromatic carbocycles. The number of amides is 1. The van der Waals surface area contributed by atoms with Gasteiger partial charge in [0.1, 0.15) is 5.82 Å². The summed E-state index contributed by atoms with van der Waals surface area (Å²) >= 11 is 1.52. The lowest BCUT2D eigenvalue weighted by Crippen LogP contribution is -2.43. The van der Waals surface area contributed by atoms with Crippen molar-refractivity contribution in [2.75, 3.05) is 26.8 Å². The molecular formula is C27H33FN2O4S2. The van der Waals surface area contributed by atoms with E-state index in [-0.39, 0.29) is 36.3 Å². The first kappa shape index (κ1) is 28.0. The number of carbonyl (C=O) groups excluding carboxylic acids is 1. The van der Waals surface area contributed by atoms with E-state index in [0.29, 0.717) is 30.7 Å². The number of ether oxygens (including phenoxy) is 1. The molecule has 0 aliphatic rings. The van der Waals surface area contributed by atoms with E-state index in [9.17, 15) is 17.6 Å². The zero-order valence-electron chi connectivity index (χ0n) is 21.2. The fourth-order valence-electron chi connectivity index (χ4n) is 4.26. The molecule has 0 unspecified atom stereocenters. The third-order valence-electron chi connectivity index (χ3n) is 5.84. The second-order valence-electron chi connectivity index (χ2n) is 8.87. The monoisotopic (exact) mass is 532 g/mol. The molecule has 1 aromatic heterocycles. The average molecular weight is 533 g/mol. The Morgan fingerprint density at radius 1 is 1.03 bits per heavy atom. The van der Waals surface area contributed by atoms with Crippen molar-refractivity contribution in [3.8, 4) is 0 Å². The molecule has 0 radical (unpaired) electrons. The van der Waals surface area contributed by atoms with Crippen LogP contribution in [0.25, 0.3) is 0 Å². The lowest BCUT2D eigenvalue weighted by Gasteiger charge is -2.28. The molecule has 0 saturated heterocycles. The van der Waals surface area contributed by atoms with Crippen LogP contribution in [0.5, 0.6) is 0 Å². The molecule has 0 atom stereocenters. The number of thiophene rings is 1. The number of carbonyl (C=O) groups is 1. The predicted octanol–water partition coefficient (Wildman–Crippen LogP) is 5.07. The Morgan fingerprint density at radius 3 is 2.28 bits per heavy atom. The Kier molecular flexibility index (Phi) is 9.78. The van der Waals surface area contributed by atoms with Crippen LogP contribution in [-0.2, 0) is 32.6 Å². The Hall–Kier alpha value is -2.59. The van der Waals surface area contributed by atoms with Gasteiger partial charge in [0, 0.05) is 31.7 Å². The standard InChI is InChI=1S/C27H33FN2O4S2/c1-20-15-21(2)27(22(3)16-20)36(32,33)30(12-6-13-34-4)19-26(31)29(18-25-7-5-14-35-25)17-23-8-10-24(28)11-9-23/h5,7-11,14-16H,6,12-13,17-19H2,1-4H3. The topological polar surface area (TPSA) is 66.9 Å². The van der Waals surface area contributed by atoms with Crippen LogP contribution in [0.4, 0.5) is 4.39 Å². The van der Waals surface area contributed by atoms with Crippen LogP contribution < -0.4 is 0 Å². The van der Waals surface area contributed by atoms with E-state index in [1.165, 1.54) is 27.8 Å². The molecule has 0 N–H and O–H groups in total. The number of rotatable bonds is 12. The maximum atomic E-state index is 13.8. The number of benzene rings is 2. The molecule has 0 bridgehead atoms. The van der Waals surface area contributed by atoms with Gasteiger partial charge in [-0.1, -0.05) is 35.9 Å². The number of methoxy groups -OCH3 is 1. The summed E-state index contributed by atoms with van der Waals surface area (Å²) in [6.45, 7) is 6.28. The minimum Gasteiger partial charge on any atom is -0.385 e. The van der Waals surface area contributed by atoms with Crippen LogP contribution in [0.15, 0.2) is 58.8 Å². The maximum absolute atomic E-state index is 13.8. The SMILES string of the molecule is COCCCN(CC(=O)N(Cc1ccc(F)cc1)Cc1cccs1)S(=O)(=O)c1c(C)cc(C)cc1C. The van der Waals surface area contributed by atoms with Gasteiger partial charge < -0.3 is 9.64 Å². The zero-order chi connectivity index (χ0) is 26.3. The van der Waals surface area contributed by atoms with Crippen LogP contribution in [0.2, 0.25) is 0 Å². The van der Waals surface area contributed by atoms with Gasteiger partial charge in [0.25, 0.3) is 0 Å². The first-order valence-electron chi connectivity index (χ1n) is 11.7. The summed E-state index contributed by atoms with van der Waals surface area (Å²) in [5, 5.41) is 1.93. The van der Waals surface area contributed by atoms with E-state index >= 15 is 0 Å². The molecule has 36 heavy (non-hydrogen) atoms. The van der Waals surface area contributed by atoms with Crippen LogP contribution >= 0.6 is 11.3 Å². The highest BCUT2D eigenvalue weighted by atomic mass is 32.2. The van der Waals surface area contributed by atoms with Crippen molar-refractivity contribution in [3.05, 3.63) is 86.9 Å². The van der Waals surface area contributed by atoms with Crippen LogP contribution in [0.3, 0.4) is 0 Å². The molecule has 194 valence electrons. The average Bonchev–Trinajstić information content (AvgIpc) is 3.31. The van der Waals surface area contributed by atoms with Gasteiger partial charge in [0.15, 0.2) is 0 Å². The molecule has 6 nitrogen and oxygen atoms in total. The zero-order valence-corrected chi connectivity index (χ0v) is 22.8. The van der Waals surface area contributed by atoms with E-state index in [1.54, 1.807) is 38.0 Å². The minimum atomic E-state index is -3.95. The quantitative estimate of drug-likeness (QED) is 0.306. The molecular weight excluding hydrogens is 499 g/mol. The predicted molar refractivity (Wildman–Crippen MR) is 141 cm³/mol. The van der Waals surface area contributed by atoms with Crippen molar-refractivity contribution in [3.63, 3.8) is 0 Å². The van der Waals surface area contributed by atoms with Gasteiger partial charge >= 0.3 is 0 Å². The van der Waals surface area contributed by atoms with E-state index < -0.39 is 10.0 Å². The number of hydrogen-bond donors (Lipinski definition) is 0. The third kappa shape index (κ3) is 7.22. The number of nitrogens with zero attached hydrogens (tertiary/aromatic N) is 2. The van der Waals surface area contributed by atoms with E-state index in [1.807, 2.05) is 36.6 Å². The van der Waals surface area contributed by atoms with Gasteiger partial charge in [-0.3, -0.25) is 4.79 Å².